The van der Waals surface area contributed by atoms with Gasteiger partial charge in [0.05, 0.1) is 5.71 Å². The minimum Gasteiger partial charge on any atom is -0.411 e. The quantitative estimate of drug-likeness (QED) is 0.430. The fourth-order valence-electron chi connectivity index (χ4n) is 2.11. The molecule has 0 aliphatic heterocycles. The summed E-state index contributed by atoms with van der Waals surface area (Å²) in [6, 6.07) is 10.2. The van der Waals surface area contributed by atoms with Crippen molar-refractivity contribution in [3.63, 3.8) is 0 Å². The fourth-order valence-corrected chi connectivity index (χ4v) is 2.11. The molecule has 0 spiro atoms. The van der Waals surface area contributed by atoms with Gasteiger partial charge in [-0.15, -0.1) is 0 Å². The highest BCUT2D eigenvalue weighted by molar-refractivity contribution is 6.03. The van der Waals surface area contributed by atoms with E-state index in [0.29, 0.717) is 0 Å². The van der Waals surface area contributed by atoms with Crippen molar-refractivity contribution in [1.82, 2.24) is 0 Å². The first-order chi connectivity index (χ1) is 7.90. The largest absolute Gasteiger partial charge is 0.411 e. The molecule has 0 saturated heterocycles. The van der Waals surface area contributed by atoms with Crippen molar-refractivity contribution in [3.8, 4) is 0 Å². The smallest absolute Gasteiger partial charge is 0.0827 e. The Morgan fingerprint density at radius 3 is 2.50 bits per heavy atom. The molecular weight excluding hydrogens is 198 g/mol. The molecule has 1 fully saturated rings. The topological polar surface area (TPSA) is 32.6 Å². The second-order valence-electron chi connectivity index (χ2n) is 4.19. The van der Waals surface area contributed by atoms with Gasteiger partial charge in [0.15, 0.2) is 0 Å². The van der Waals surface area contributed by atoms with Crippen LogP contribution in [0.25, 0.3) is 6.08 Å². The van der Waals surface area contributed by atoms with Gasteiger partial charge in [-0.05, 0) is 42.9 Å². The second-order valence-corrected chi connectivity index (χ2v) is 4.19. The molecule has 0 atom stereocenters. The first-order valence-corrected chi connectivity index (χ1v) is 5.87. The predicted octanol–water partition coefficient (Wildman–Crippen LogP) is 3.86. The van der Waals surface area contributed by atoms with Gasteiger partial charge in [0.2, 0.25) is 0 Å². The number of nitrogens with zero attached hydrogens (tertiary/aromatic N) is 1. The Hall–Kier alpha value is -1.57. The third kappa shape index (κ3) is 2.72. The average molecular weight is 215 g/mol. The van der Waals surface area contributed by atoms with Crippen LogP contribution in [0.4, 0.5) is 0 Å². The van der Waals surface area contributed by atoms with Crippen LogP contribution < -0.4 is 0 Å². The van der Waals surface area contributed by atoms with Gasteiger partial charge in [0.1, 0.15) is 0 Å². The lowest BCUT2D eigenvalue weighted by Gasteiger charge is -2.04. The van der Waals surface area contributed by atoms with E-state index in [1.165, 1.54) is 24.0 Å². The van der Waals surface area contributed by atoms with Gasteiger partial charge in [-0.3, -0.25) is 0 Å². The molecule has 0 heterocycles. The summed E-state index contributed by atoms with van der Waals surface area (Å²) in [6.07, 6.45) is 7.61. The summed E-state index contributed by atoms with van der Waals surface area (Å²) < 4.78 is 0. The van der Waals surface area contributed by atoms with Crippen LogP contribution in [0, 0.1) is 0 Å². The molecule has 2 rings (SSSR count). The van der Waals surface area contributed by atoms with E-state index in [-0.39, 0.29) is 0 Å². The summed E-state index contributed by atoms with van der Waals surface area (Å²) in [5.41, 5.74) is 3.23. The number of allylic oxidation sites excluding steroid dienone is 1. The molecule has 16 heavy (non-hydrogen) atoms. The zero-order valence-corrected chi connectivity index (χ0v) is 9.39. The highest BCUT2D eigenvalue weighted by Crippen LogP contribution is 2.22. The molecule has 1 aromatic rings. The van der Waals surface area contributed by atoms with Crippen molar-refractivity contribution < 1.29 is 5.21 Å². The van der Waals surface area contributed by atoms with Crippen LogP contribution in [-0.4, -0.2) is 10.9 Å². The van der Waals surface area contributed by atoms with Crippen LogP contribution in [0.3, 0.4) is 0 Å². The van der Waals surface area contributed by atoms with Crippen LogP contribution in [-0.2, 0) is 0 Å². The Morgan fingerprint density at radius 2 is 1.75 bits per heavy atom. The van der Waals surface area contributed by atoms with Gasteiger partial charge in [-0.2, -0.15) is 0 Å². The van der Waals surface area contributed by atoms with E-state index >= 15 is 0 Å². The molecule has 1 N–H and O–H groups in total. The van der Waals surface area contributed by atoms with Gasteiger partial charge < -0.3 is 5.21 Å². The zero-order valence-electron chi connectivity index (χ0n) is 9.39. The molecule has 1 aromatic carbocycles. The zero-order chi connectivity index (χ0) is 11.2. The third-order valence-electron chi connectivity index (χ3n) is 2.99. The maximum Gasteiger partial charge on any atom is 0.0827 e. The molecule has 0 radical (unpaired) electrons. The Balaban J connectivity index is 2.26. The summed E-state index contributed by atoms with van der Waals surface area (Å²) in [5, 5.41) is 12.4. The maximum absolute atomic E-state index is 9.01. The number of benzene rings is 1. The van der Waals surface area contributed by atoms with E-state index in [4.69, 9.17) is 5.21 Å². The molecular formula is C14H17NO. The molecule has 1 saturated carbocycles. The van der Waals surface area contributed by atoms with Crippen LogP contribution in [0.1, 0.15) is 37.7 Å². The summed E-state index contributed by atoms with van der Waals surface area (Å²) in [4.78, 5) is 0. The summed E-state index contributed by atoms with van der Waals surface area (Å²) in [6.45, 7) is 0. The lowest BCUT2D eigenvalue weighted by atomic mass is 10.0. The Bertz CT molecular complexity index is 392. The summed E-state index contributed by atoms with van der Waals surface area (Å²) >= 11 is 0. The molecule has 84 valence electrons. The number of rotatable bonds is 1. The highest BCUT2D eigenvalue weighted by atomic mass is 16.4. The Labute approximate surface area is 96.3 Å². The van der Waals surface area contributed by atoms with Crippen LogP contribution in [0.2, 0.25) is 0 Å². The van der Waals surface area contributed by atoms with E-state index in [9.17, 15) is 0 Å². The Morgan fingerprint density at radius 1 is 1.00 bits per heavy atom. The lowest BCUT2D eigenvalue weighted by Crippen LogP contribution is -2.00. The minimum atomic E-state index is 0.862. The first-order valence-electron chi connectivity index (χ1n) is 5.87. The summed E-state index contributed by atoms with van der Waals surface area (Å²) in [5.74, 6) is 0. The molecule has 0 aromatic heterocycles. The molecule has 2 heteroatoms. The monoisotopic (exact) mass is 215 g/mol. The molecule has 0 bridgehead atoms. The fraction of sp³-hybridized carbons (Fsp3) is 0.357. The van der Waals surface area contributed by atoms with Gasteiger partial charge >= 0.3 is 0 Å². The van der Waals surface area contributed by atoms with Crippen molar-refractivity contribution >= 4 is 11.8 Å². The van der Waals surface area contributed by atoms with Gasteiger partial charge in [-0.1, -0.05) is 41.9 Å². The SMILES string of the molecule is O/N=C1\CCCCC\C1=C\c1ccccc1. The van der Waals surface area contributed by atoms with Gasteiger partial charge in [-0.25, -0.2) is 0 Å². The van der Waals surface area contributed by atoms with Crippen molar-refractivity contribution in [1.29, 1.82) is 0 Å². The first kappa shape index (κ1) is 10.9. The average Bonchev–Trinajstić information content (AvgIpc) is 2.55. The maximum atomic E-state index is 9.01. The molecule has 0 unspecified atom stereocenters. The van der Waals surface area contributed by atoms with E-state index in [1.807, 2.05) is 18.2 Å². The highest BCUT2D eigenvalue weighted by Gasteiger charge is 2.12. The molecule has 2 nitrogen and oxygen atoms in total. The third-order valence-corrected chi connectivity index (χ3v) is 2.99. The van der Waals surface area contributed by atoms with E-state index in [0.717, 1.165) is 25.0 Å². The van der Waals surface area contributed by atoms with E-state index < -0.39 is 0 Å². The van der Waals surface area contributed by atoms with Crippen LogP contribution in [0.5, 0.6) is 0 Å². The standard InChI is InChI=1S/C14H17NO/c16-15-14-10-6-2-5-9-13(14)11-12-7-3-1-4-8-12/h1,3-4,7-8,11,16H,2,5-6,9-10H2/b13-11-,15-14+. The normalized spacial score (nSPS) is 22.2. The van der Waals surface area contributed by atoms with E-state index in [1.54, 1.807) is 0 Å². The molecule has 0 amide bonds. The lowest BCUT2D eigenvalue weighted by molar-refractivity contribution is 0.318. The van der Waals surface area contributed by atoms with Gasteiger partial charge in [0, 0.05) is 0 Å². The van der Waals surface area contributed by atoms with E-state index in [2.05, 4.69) is 23.4 Å². The second kappa shape index (κ2) is 5.50. The summed E-state index contributed by atoms with van der Waals surface area (Å²) in [7, 11) is 0. The molecule has 1 aliphatic carbocycles. The number of hydrogen-bond donors (Lipinski definition) is 1. The van der Waals surface area contributed by atoms with Crippen molar-refractivity contribution in [3.05, 3.63) is 41.5 Å². The van der Waals surface area contributed by atoms with Crippen molar-refractivity contribution in [2.45, 2.75) is 32.1 Å². The van der Waals surface area contributed by atoms with Gasteiger partial charge in [0.25, 0.3) is 0 Å². The number of hydrogen-bond acceptors (Lipinski definition) is 2. The predicted molar refractivity (Wildman–Crippen MR) is 66.7 cm³/mol. The van der Waals surface area contributed by atoms with Crippen LogP contribution in [0.15, 0.2) is 41.1 Å². The van der Waals surface area contributed by atoms with Crippen molar-refractivity contribution in [2.75, 3.05) is 0 Å². The number of oxime groups is 1. The Kier molecular flexibility index (Phi) is 3.76. The van der Waals surface area contributed by atoms with Crippen LogP contribution >= 0.6 is 0 Å². The van der Waals surface area contributed by atoms with Crippen molar-refractivity contribution in [2.24, 2.45) is 5.16 Å². The minimum absolute atomic E-state index is 0.862. The molecule has 1 aliphatic rings.